The molecule has 2 rings (SSSR count). The third-order valence-electron chi connectivity index (χ3n) is 3.84. The minimum absolute atomic E-state index is 0.107. The lowest BCUT2D eigenvalue weighted by molar-refractivity contribution is -0.140. The number of rotatable bonds is 5. The van der Waals surface area contributed by atoms with Gasteiger partial charge in [0.2, 0.25) is 0 Å². The molecule has 0 heterocycles. The molecule has 0 saturated heterocycles. The number of hydrogen-bond acceptors (Lipinski definition) is 3. The number of carboxylic acid groups (broad SMARTS) is 1. The van der Waals surface area contributed by atoms with Gasteiger partial charge in [0, 0.05) is 6.08 Å². The first-order valence-corrected chi connectivity index (χ1v) is 6.54. The molecule has 1 aromatic carbocycles. The van der Waals surface area contributed by atoms with E-state index in [4.69, 9.17) is 9.84 Å². The van der Waals surface area contributed by atoms with Crippen molar-refractivity contribution in [2.75, 3.05) is 0 Å². The minimum Gasteiger partial charge on any atom is -0.481 e. The Morgan fingerprint density at radius 3 is 2.50 bits per heavy atom. The van der Waals surface area contributed by atoms with Gasteiger partial charge in [-0.15, -0.1) is 0 Å². The summed E-state index contributed by atoms with van der Waals surface area (Å²) < 4.78 is 5.10. The second kappa shape index (κ2) is 5.49. The maximum Gasteiger partial charge on any atom is 0.330 e. The van der Waals surface area contributed by atoms with Crippen LogP contribution in [-0.2, 0) is 20.9 Å². The van der Waals surface area contributed by atoms with Gasteiger partial charge in [0.05, 0.1) is 5.92 Å². The van der Waals surface area contributed by atoms with Crippen LogP contribution in [0.3, 0.4) is 0 Å². The lowest BCUT2D eigenvalue weighted by Crippen LogP contribution is -2.03. The van der Waals surface area contributed by atoms with Gasteiger partial charge in [-0.3, -0.25) is 4.79 Å². The number of carboxylic acids is 1. The molecule has 1 aromatic rings. The fourth-order valence-corrected chi connectivity index (χ4v) is 2.47. The van der Waals surface area contributed by atoms with E-state index in [0.29, 0.717) is 0 Å². The zero-order chi connectivity index (χ0) is 14.8. The summed E-state index contributed by atoms with van der Waals surface area (Å²) in [6.45, 7) is 3.99. The number of benzene rings is 1. The third kappa shape index (κ3) is 3.07. The first-order chi connectivity index (χ1) is 9.43. The van der Waals surface area contributed by atoms with Crippen LogP contribution in [0, 0.1) is 17.3 Å². The van der Waals surface area contributed by atoms with Crippen LogP contribution in [0.4, 0.5) is 0 Å². The topological polar surface area (TPSA) is 63.6 Å². The molecule has 1 aliphatic rings. The summed E-state index contributed by atoms with van der Waals surface area (Å²) in [5.41, 5.74) is 0.631. The van der Waals surface area contributed by atoms with Gasteiger partial charge >= 0.3 is 11.9 Å². The maximum atomic E-state index is 11.6. The predicted octanol–water partition coefficient (Wildman–Crippen LogP) is 2.64. The average Bonchev–Trinajstić information content (AvgIpc) is 2.97. The van der Waals surface area contributed by atoms with E-state index in [9.17, 15) is 9.59 Å². The van der Waals surface area contributed by atoms with Gasteiger partial charge in [-0.2, -0.15) is 0 Å². The Hall–Kier alpha value is -2.10. The first kappa shape index (κ1) is 14.3. The molecule has 0 aliphatic heterocycles. The summed E-state index contributed by atoms with van der Waals surface area (Å²) in [5.74, 6) is -1.78. The van der Waals surface area contributed by atoms with Crippen LogP contribution < -0.4 is 0 Å². The van der Waals surface area contributed by atoms with E-state index >= 15 is 0 Å². The Labute approximate surface area is 118 Å². The number of allylic oxidation sites excluding steroid dienone is 1. The van der Waals surface area contributed by atoms with Crippen molar-refractivity contribution in [1.82, 2.24) is 0 Å². The Bertz CT molecular complexity index is 531. The van der Waals surface area contributed by atoms with Crippen molar-refractivity contribution in [3.63, 3.8) is 0 Å². The number of hydrogen-bond donors (Lipinski definition) is 1. The van der Waals surface area contributed by atoms with Crippen molar-refractivity contribution in [3.8, 4) is 0 Å². The highest BCUT2D eigenvalue weighted by Crippen LogP contribution is 2.58. The van der Waals surface area contributed by atoms with Crippen LogP contribution >= 0.6 is 0 Å². The van der Waals surface area contributed by atoms with Gasteiger partial charge in [-0.1, -0.05) is 50.3 Å². The normalized spacial score (nSPS) is 23.5. The summed E-state index contributed by atoms with van der Waals surface area (Å²) in [6, 6.07) is 9.40. The summed E-state index contributed by atoms with van der Waals surface area (Å²) in [6.07, 6.45) is 2.98. The van der Waals surface area contributed by atoms with E-state index in [2.05, 4.69) is 0 Å². The Balaban J connectivity index is 1.84. The lowest BCUT2D eigenvalue weighted by Gasteiger charge is -2.01. The highest BCUT2D eigenvalue weighted by Gasteiger charge is 2.60. The molecular weight excluding hydrogens is 256 g/mol. The highest BCUT2D eigenvalue weighted by atomic mass is 16.5. The molecule has 2 atom stereocenters. The third-order valence-corrected chi connectivity index (χ3v) is 3.84. The van der Waals surface area contributed by atoms with Gasteiger partial charge < -0.3 is 9.84 Å². The molecule has 0 spiro atoms. The smallest absolute Gasteiger partial charge is 0.330 e. The monoisotopic (exact) mass is 274 g/mol. The number of aliphatic carboxylic acids is 1. The van der Waals surface area contributed by atoms with E-state index in [1.54, 1.807) is 6.08 Å². The van der Waals surface area contributed by atoms with Crippen molar-refractivity contribution in [2.24, 2.45) is 17.3 Å². The van der Waals surface area contributed by atoms with Crippen LogP contribution in [0.25, 0.3) is 0 Å². The second-order valence-electron chi connectivity index (χ2n) is 5.62. The van der Waals surface area contributed by atoms with Crippen molar-refractivity contribution in [1.29, 1.82) is 0 Å². The van der Waals surface area contributed by atoms with Gasteiger partial charge in [0.15, 0.2) is 0 Å². The molecule has 106 valence electrons. The van der Waals surface area contributed by atoms with E-state index in [0.717, 1.165) is 5.56 Å². The van der Waals surface area contributed by atoms with Gasteiger partial charge in [0.1, 0.15) is 6.61 Å². The van der Waals surface area contributed by atoms with E-state index < -0.39 is 17.9 Å². The zero-order valence-corrected chi connectivity index (χ0v) is 11.6. The van der Waals surface area contributed by atoms with Gasteiger partial charge in [0.25, 0.3) is 0 Å². The summed E-state index contributed by atoms with van der Waals surface area (Å²) in [4.78, 5) is 22.6. The molecule has 0 radical (unpaired) electrons. The molecular formula is C16H18O4. The number of esters is 1. The van der Waals surface area contributed by atoms with E-state index in [1.165, 1.54) is 6.08 Å². The van der Waals surface area contributed by atoms with Crippen LogP contribution in [-0.4, -0.2) is 17.0 Å². The van der Waals surface area contributed by atoms with Gasteiger partial charge in [-0.05, 0) is 16.9 Å². The number of ether oxygens (including phenoxy) is 1. The molecule has 1 fully saturated rings. The SMILES string of the molecule is CC1(C)[C@H](C(=O)O)[C@@H]1C=CC(=O)OCc1ccccc1. The maximum absolute atomic E-state index is 11.6. The van der Waals surface area contributed by atoms with E-state index in [-0.39, 0.29) is 17.9 Å². The van der Waals surface area contributed by atoms with Crippen LogP contribution in [0.2, 0.25) is 0 Å². The molecule has 0 unspecified atom stereocenters. The molecule has 1 aliphatic carbocycles. The predicted molar refractivity (Wildman–Crippen MR) is 73.8 cm³/mol. The van der Waals surface area contributed by atoms with Crippen LogP contribution in [0.15, 0.2) is 42.5 Å². The second-order valence-corrected chi connectivity index (χ2v) is 5.62. The standard InChI is InChI=1S/C16H18O4/c1-16(2)12(14(16)15(18)19)8-9-13(17)20-10-11-6-4-3-5-7-11/h3-9,12,14H,10H2,1-2H3,(H,18,19)/t12-,14-/m0/s1. The summed E-state index contributed by atoms with van der Waals surface area (Å²) >= 11 is 0. The molecule has 0 bridgehead atoms. The van der Waals surface area contributed by atoms with Crippen molar-refractivity contribution in [2.45, 2.75) is 20.5 Å². The molecule has 1 N–H and O–H groups in total. The Morgan fingerprint density at radius 2 is 1.95 bits per heavy atom. The van der Waals surface area contributed by atoms with Crippen molar-refractivity contribution < 1.29 is 19.4 Å². The molecule has 0 amide bonds. The molecule has 1 saturated carbocycles. The lowest BCUT2D eigenvalue weighted by atomic mass is 10.1. The first-order valence-electron chi connectivity index (χ1n) is 6.54. The molecule has 20 heavy (non-hydrogen) atoms. The fraction of sp³-hybridized carbons (Fsp3) is 0.375. The van der Waals surface area contributed by atoms with Crippen molar-refractivity contribution in [3.05, 3.63) is 48.0 Å². The largest absolute Gasteiger partial charge is 0.481 e. The van der Waals surface area contributed by atoms with Crippen LogP contribution in [0.1, 0.15) is 19.4 Å². The number of carbonyl (C=O) groups is 2. The molecule has 4 heteroatoms. The average molecular weight is 274 g/mol. The van der Waals surface area contributed by atoms with Gasteiger partial charge in [-0.25, -0.2) is 4.79 Å². The Kier molecular flexibility index (Phi) is 3.93. The summed E-state index contributed by atoms with van der Waals surface area (Å²) in [5, 5.41) is 9.03. The van der Waals surface area contributed by atoms with E-state index in [1.807, 2.05) is 44.2 Å². The Morgan fingerprint density at radius 1 is 1.30 bits per heavy atom. The quantitative estimate of drug-likeness (QED) is 0.662. The summed E-state index contributed by atoms with van der Waals surface area (Å²) in [7, 11) is 0. The minimum atomic E-state index is -0.817. The highest BCUT2D eigenvalue weighted by molar-refractivity contribution is 5.83. The van der Waals surface area contributed by atoms with Crippen LogP contribution in [0.5, 0.6) is 0 Å². The molecule has 4 nitrogen and oxygen atoms in total. The van der Waals surface area contributed by atoms with Crippen molar-refractivity contribution >= 4 is 11.9 Å². The zero-order valence-electron chi connectivity index (χ0n) is 11.6. The molecule has 0 aromatic heterocycles. The fourth-order valence-electron chi connectivity index (χ4n) is 2.47. The number of carbonyl (C=O) groups excluding carboxylic acids is 1.